The molecule has 0 bridgehead atoms. The minimum atomic E-state index is 0.122. The molecule has 1 aromatic heterocycles. The summed E-state index contributed by atoms with van der Waals surface area (Å²) < 4.78 is 11.4. The van der Waals surface area contributed by atoms with Gasteiger partial charge in [0.05, 0.1) is 30.3 Å². The molecule has 20 heavy (non-hydrogen) atoms. The lowest BCUT2D eigenvalue weighted by molar-refractivity contribution is -0.0356. The number of methoxy groups -OCH3 is 1. The first-order chi connectivity index (χ1) is 9.81. The SMILES string of the molecule is COC1CCCC(OCc2ccc(C#CCCO)s2)C1. The third-order valence-electron chi connectivity index (χ3n) is 3.48. The largest absolute Gasteiger partial charge is 0.395 e. The van der Waals surface area contributed by atoms with Gasteiger partial charge >= 0.3 is 0 Å². The molecule has 1 N–H and O–H groups in total. The lowest BCUT2D eigenvalue weighted by Crippen LogP contribution is -2.27. The maximum Gasteiger partial charge on any atom is 0.0813 e. The molecule has 4 heteroatoms. The van der Waals surface area contributed by atoms with E-state index in [0.717, 1.165) is 24.1 Å². The zero-order valence-electron chi connectivity index (χ0n) is 11.9. The summed E-state index contributed by atoms with van der Waals surface area (Å²) in [6.07, 6.45) is 5.69. The molecule has 1 saturated carbocycles. The zero-order valence-corrected chi connectivity index (χ0v) is 12.7. The molecule has 2 unspecified atom stereocenters. The van der Waals surface area contributed by atoms with Crippen LogP contribution in [0.1, 0.15) is 41.9 Å². The Bertz CT molecular complexity index is 458. The van der Waals surface area contributed by atoms with E-state index >= 15 is 0 Å². The summed E-state index contributed by atoms with van der Waals surface area (Å²) in [5, 5.41) is 8.69. The average Bonchev–Trinajstić information content (AvgIpc) is 2.94. The van der Waals surface area contributed by atoms with E-state index in [4.69, 9.17) is 14.6 Å². The maximum absolute atomic E-state index is 8.69. The number of hydrogen-bond donors (Lipinski definition) is 1. The first-order valence-corrected chi connectivity index (χ1v) is 7.96. The van der Waals surface area contributed by atoms with E-state index in [1.54, 1.807) is 18.4 Å². The highest BCUT2D eigenvalue weighted by Crippen LogP contribution is 2.25. The first kappa shape index (κ1) is 15.5. The fraction of sp³-hybridized carbons (Fsp3) is 0.625. The molecular weight excluding hydrogens is 272 g/mol. The van der Waals surface area contributed by atoms with Crippen molar-refractivity contribution in [1.82, 2.24) is 0 Å². The summed E-state index contributed by atoms with van der Waals surface area (Å²) in [4.78, 5) is 2.24. The fourth-order valence-electron chi connectivity index (χ4n) is 2.40. The van der Waals surface area contributed by atoms with Crippen molar-refractivity contribution in [3.8, 4) is 11.8 Å². The summed E-state index contributed by atoms with van der Waals surface area (Å²) in [6.45, 7) is 0.782. The molecule has 3 nitrogen and oxygen atoms in total. The van der Waals surface area contributed by atoms with Gasteiger partial charge in [-0.3, -0.25) is 0 Å². The molecule has 110 valence electrons. The molecule has 1 aliphatic rings. The van der Waals surface area contributed by atoms with Crippen LogP contribution in [0.15, 0.2) is 12.1 Å². The standard InChI is InChI=1S/C16H22O3S/c1-18-13-5-4-6-14(11-13)19-12-16-9-8-15(20-16)7-2-3-10-17/h8-9,13-14,17H,3-6,10-12H2,1H3. The monoisotopic (exact) mass is 294 g/mol. The number of thiophene rings is 1. The number of aliphatic hydroxyl groups is 1. The zero-order chi connectivity index (χ0) is 14.2. The summed E-state index contributed by atoms with van der Waals surface area (Å²) in [5.74, 6) is 5.99. The van der Waals surface area contributed by atoms with Gasteiger partial charge in [-0.05, 0) is 37.8 Å². The van der Waals surface area contributed by atoms with Crippen molar-refractivity contribution in [3.05, 3.63) is 21.9 Å². The Morgan fingerprint density at radius 1 is 1.35 bits per heavy atom. The summed E-state index contributed by atoms with van der Waals surface area (Å²) in [6, 6.07) is 4.09. The average molecular weight is 294 g/mol. The van der Waals surface area contributed by atoms with E-state index in [-0.39, 0.29) is 6.61 Å². The van der Waals surface area contributed by atoms with Crippen LogP contribution >= 0.6 is 11.3 Å². The van der Waals surface area contributed by atoms with Gasteiger partial charge in [0.1, 0.15) is 0 Å². The molecule has 0 amide bonds. The molecule has 2 atom stereocenters. The van der Waals surface area contributed by atoms with Gasteiger partial charge in [-0.25, -0.2) is 0 Å². The molecule has 0 radical (unpaired) electrons. The van der Waals surface area contributed by atoms with Crippen molar-refractivity contribution < 1.29 is 14.6 Å². The number of ether oxygens (including phenoxy) is 2. The minimum absolute atomic E-state index is 0.122. The van der Waals surface area contributed by atoms with Crippen LogP contribution in [0.3, 0.4) is 0 Å². The van der Waals surface area contributed by atoms with Gasteiger partial charge in [0.2, 0.25) is 0 Å². The smallest absolute Gasteiger partial charge is 0.0813 e. The van der Waals surface area contributed by atoms with Crippen LogP contribution in [-0.4, -0.2) is 31.0 Å². The van der Waals surface area contributed by atoms with Crippen molar-refractivity contribution in [2.45, 2.75) is 50.9 Å². The Hall–Kier alpha value is -0.860. The van der Waals surface area contributed by atoms with Gasteiger partial charge in [0, 0.05) is 18.4 Å². The van der Waals surface area contributed by atoms with Crippen LogP contribution < -0.4 is 0 Å². The second-order valence-corrected chi connectivity index (χ2v) is 6.17. The normalized spacial score (nSPS) is 22.3. The second kappa shape index (κ2) is 8.43. The van der Waals surface area contributed by atoms with Gasteiger partial charge in [-0.15, -0.1) is 11.3 Å². The Labute approximate surface area is 124 Å². The fourth-order valence-corrected chi connectivity index (χ4v) is 3.20. The van der Waals surface area contributed by atoms with E-state index < -0.39 is 0 Å². The Kier molecular flexibility index (Phi) is 6.55. The number of aliphatic hydroxyl groups excluding tert-OH is 1. The Morgan fingerprint density at radius 2 is 2.20 bits per heavy atom. The van der Waals surface area contributed by atoms with Crippen molar-refractivity contribution >= 4 is 11.3 Å². The van der Waals surface area contributed by atoms with Crippen LogP contribution in [0.5, 0.6) is 0 Å². The number of hydrogen-bond acceptors (Lipinski definition) is 4. The second-order valence-electron chi connectivity index (χ2n) is 5.00. The predicted molar refractivity (Wildman–Crippen MR) is 80.7 cm³/mol. The van der Waals surface area contributed by atoms with Crippen LogP contribution in [0.25, 0.3) is 0 Å². The molecule has 1 fully saturated rings. The molecule has 0 aliphatic heterocycles. The molecule has 1 heterocycles. The molecule has 0 aromatic carbocycles. The van der Waals surface area contributed by atoms with Gasteiger partial charge in [-0.1, -0.05) is 11.8 Å². The predicted octanol–water partition coefficient (Wildman–Crippen LogP) is 2.96. The minimum Gasteiger partial charge on any atom is -0.395 e. The highest BCUT2D eigenvalue weighted by molar-refractivity contribution is 7.12. The Balaban J connectivity index is 1.78. The number of rotatable bonds is 5. The molecule has 1 aliphatic carbocycles. The lowest BCUT2D eigenvalue weighted by atomic mass is 9.95. The third-order valence-corrected chi connectivity index (χ3v) is 4.46. The Morgan fingerprint density at radius 3 is 3.00 bits per heavy atom. The molecular formula is C16H22O3S. The van der Waals surface area contributed by atoms with Gasteiger partial charge in [0.25, 0.3) is 0 Å². The first-order valence-electron chi connectivity index (χ1n) is 7.14. The van der Waals surface area contributed by atoms with E-state index in [1.165, 1.54) is 11.3 Å². The van der Waals surface area contributed by atoms with Gasteiger partial charge in [-0.2, -0.15) is 0 Å². The van der Waals surface area contributed by atoms with E-state index in [0.29, 0.717) is 25.2 Å². The van der Waals surface area contributed by atoms with E-state index in [9.17, 15) is 0 Å². The van der Waals surface area contributed by atoms with Crippen molar-refractivity contribution in [3.63, 3.8) is 0 Å². The van der Waals surface area contributed by atoms with Crippen LogP contribution in [0, 0.1) is 11.8 Å². The molecule has 0 saturated heterocycles. The van der Waals surface area contributed by atoms with Crippen LogP contribution in [-0.2, 0) is 16.1 Å². The van der Waals surface area contributed by atoms with Crippen molar-refractivity contribution in [2.75, 3.05) is 13.7 Å². The van der Waals surface area contributed by atoms with E-state index in [1.807, 2.05) is 6.07 Å². The highest BCUT2D eigenvalue weighted by atomic mass is 32.1. The summed E-state index contributed by atoms with van der Waals surface area (Å²) in [5.41, 5.74) is 0. The third kappa shape index (κ3) is 4.92. The topological polar surface area (TPSA) is 38.7 Å². The van der Waals surface area contributed by atoms with E-state index in [2.05, 4.69) is 17.9 Å². The van der Waals surface area contributed by atoms with Crippen molar-refractivity contribution in [1.29, 1.82) is 0 Å². The summed E-state index contributed by atoms with van der Waals surface area (Å²) in [7, 11) is 1.78. The molecule has 0 spiro atoms. The van der Waals surface area contributed by atoms with Crippen LogP contribution in [0.4, 0.5) is 0 Å². The highest BCUT2D eigenvalue weighted by Gasteiger charge is 2.22. The van der Waals surface area contributed by atoms with Gasteiger partial charge < -0.3 is 14.6 Å². The van der Waals surface area contributed by atoms with Crippen molar-refractivity contribution in [2.24, 2.45) is 0 Å². The maximum atomic E-state index is 8.69. The quantitative estimate of drug-likeness (QED) is 0.849. The molecule has 1 aromatic rings. The lowest BCUT2D eigenvalue weighted by Gasteiger charge is -2.28. The molecule has 2 rings (SSSR count). The van der Waals surface area contributed by atoms with Crippen LogP contribution in [0.2, 0.25) is 0 Å². The van der Waals surface area contributed by atoms with Gasteiger partial charge in [0.15, 0.2) is 0 Å². The summed E-state index contributed by atoms with van der Waals surface area (Å²) >= 11 is 1.67.